The Morgan fingerprint density at radius 2 is 0.267 bits per heavy atom. The Balaban J connectivity index is 0.742. The van der Waals surface area contributed by atoms with Gasteiger partial charge in [0.25, 0.3) is 0 Å². The van der Waals surface area contributed by atoms with Gasteiger partial charge in [-0.2, -0.15) is 0 Å². The average Bonchev–Trinajstić information content (AvgIpc) is 0.811. The summed E-state index contributed by atoms with van der Waals surface area (Å²) in [6.07, 6.45) is 0. The fraction of sp³-hybridized carbons (Fsp3) is 0. The smallest absolute Gasteiger partial charge is 0.0541 e. The van der Waals surface area contributed by atoms with Crippen molar-refractivity contribution in [3.63, 3.8) is 0 Å². The molecular formula is C112H70N4. The highest BCUT2D eigenvalue weighted by atomic mass is 15.0. The van der Waals surface area contributed by atoms with Gasteiger partial charge in [0.2, 0.25) is 0 Å². The zero-order valence-electron chi connectivity index (χ0n) is 63.2. The Hall–Kier alpha value is -15.4. The third kappa shape index (κ3) is 10.0. The minimum atomic E-state index is 1.12. The molecule has 538 valence electrons. The molecule has 0 radical (unpaired) electrons. The predicted molar refractivity (Wildman–Crippen MR) is 491 cm³/mol. The first-order valence-electron chi connectivity index (χ1n) is 40.1. The Morgan fingerprint density at radius 1 is 0.112 bits per heavy atom. The van der Waals surface area contributed by atoms with Crippen LogP contribution in [0.4, 0.5) is 0 Å². The van der Waals surface area contributed by atoms with E-state index in [1.54, 1.807) is 0 Å². The van der Waals surface area contributed by atoms with Crippen LogP contribution in [0.25, 0.3) is 231 Å². The van der Waals surface area contributed by atoms with Gasteiger partial charge in [-0.1, -0.05) is 315 Å². The van der Waals surface area contributed by atoms with Gasteiger partial charge < -0.3 is 18.3 Å². The maximum Gasteiger partial charge on any atom is 0.0541 e. The number of rotatable bonds is 12. The number of nitrogens with zero attached hydrogens (tertiary/aromatic N) is 4. The number of benzene rings is 20. The molecule has 4 aromatic heterocycles. The van der Waals surface area contributed by atoms with Crippen LogP contribution in [0.2, 0.25) is 0 Å². The van der Waals surface area contributed by atoms with Gasteiger partial charge in [0.15, 0.2) is 0 Å². The van der Waals surface area contributed by atoms with Crippen LogP contribution >= 0.6 is 0 Å². The van der Waals surface area contributed by atoms with Crippen molar-refractivity contribution in [2.24, 2.45) is 0 Å². The summed E-state index contributed by atoms with van der Waals surface area (Å²) in [5, 5.41) is 17.2. The molecule has 116 heavy (non-hydrogen) atoms. The second kappa shape index (κ2) is 26.1. The van der Waals surface area contributed by atoms with Crippen molar-refractivity contribution in [3.8, 4) is 112 Å². The summed E-state index contributed by atoms with van der Waals surface area (Å²) in [7, 11) is 0. The van der Waals surface area contributed by atoms with Crippen LogP contribution in [-0.2, 0) is 0 Å². The number of aromatic nitrogens is 4. The van der Waals surface area contributed by atoms with Crippen molar-refractivity contribution >= 4 is 120 Å². The number of hydrogen-bond donors (Lipinski definition) is 0. The van der Waals surface area contributed by atoms with E-state index in [0.29, 0.717) is 0 Å². The number of hydrogen-bond acceptors (Lipinski definition) is 0. The number of para-hydroxylation sites is 8. The molecule has 4 heteroatoms. The first kappa shape index (κ1) is 65.4. The molecule has 24 aromatic rings. The lowest BCUT2D eigenvalue weighted by atomic mass is 9.79. The summed E-state index contributed by atoms with van der Waals surface area (Å²) < 4.78 is 9.65. The van der Waals surface area contributed by atoms with Crippen LogP contribution in [0.3, 0.4) is 0 Å². The van der Waals surface area contributed by atoms with Gasteiger partial charge in [-0.15, -0.1) is 0 Å². The lowest BCUT2D eigenvalue weighted by Crippen LogP contribution is -1.97. The zero-order valence-corrected chi connectivity index (χ0v) is 63.2. The van der Waals surface area contributed by atoms with Gasteiger partial charge in [0.05, 0.1) is 44.1 Å². The second-order valence-corrected chi connectivity index (χ2v) is 30.9. The van der Waals surface area contributed by atoms with Gasteiger partial charge in [-0.05, 0) is 231 Å². The number of fused-ring (bicyclic) bond motifs is 12. The van der Waals surface area contributed by atoms with Gasteiger partial charge in [-0.25, -0.2) is 0 Å². The van der Waals surface area contributed by atoms with Crippen molar-refractivity contribution in [2.75, 3.05) is 0 Å². The highest BCUT2D eigenvalue weighted by Crippen LogP contribution is 2.53. The Bertz CT molecular complexity index is 6940. The lowest BCUT2D eigenvalue weighted by Gasteiger charge is -2.24. The van der Waals surface area contributed by atoms with Crippen LogP contribution in [-0.4, -0.2) is 18.3 Å². The van der Waals surface area contributed by atoms with Crippen LogP contribution < -0.4 is 0 Å². The van der Waals surface area contributed by atoms with Gasteiger partial charge >= 0.3 is 0 Å². The molecule has 0 amide bonds. The molecule has 0 fully saturated rings. The second-order valence-electron chi connectivity index (χ2n) is 30.9. The van der Waals surface area contributed by atoms with Gasteiger partial charge in [-0.3, -0.25) is 0 Å². The van der Waals surface area contributed by atoms with E-state index in [9.17, 15) is 0 Å². The SMILES string of the molecule is c1ccc(-c2cc(-c3ccccc3-c3ccc(-n4c5ccccc5c5ccccc54)cc3)c3ccc4c(-c5ccccc5-c5ccc(-n6c7ccccc7c7ccccc76)cc5)cc(-c5ccccc5-c5ccc(-n6c7ccccc7c7ccccc76)cc5)c5ccc2c3c54)c(-c2ccc(-n3c4ccccc4c4ccccc43)cc2)c1. The van der Waals surface area contributed by atoms with E-state index < -0.39 is 0 Å². The Labute approximate surface area is 669 Å². The van der Waals surface area contributed by atoms with Crippen LogP contribution in [0.15, 0.2) is 425 Å². The highest BCUT2D eigenvalue weighted by molar-refractivity contribution is 6.33. The molecule has 0 N–H and O–H groups in total. The molecule has 0 unspecified atom stereocenters. The summed E-state index contributed by atoms with van der Waals surface area (Å²) in [6, 6.07) is 159. The van der Waals surface area contributed by atoms with Crippen molar-refractivity contribution in [1.29, 1.82) is 0 Å². The highest BCUT2D eigenvalue weighted by Gasteiger charge is 2.27. The Kier molecular flexibility index (Phi) is 14.7. The fourth-order valence-electron chi connectivity index (χ4n) is 19.7. The van der Waals surface area contributed by atoms with E-state index in [-0.39, 0.29) is 0 Å². The van der Waals surface area contributed by atoms with Crippen LogP contribution in [0, 0.1) is 0 Å². The normalized spacial score (nSPS) is 12.0. The summed E-state index contributed by atoms with van der Waals surface area (Å²) in [5.41, 5.74) is 32.5. The summed E-state index contributed by atoms with van der Waals surface area (Å²) in [4.78, 5) is 0. The molecule has 20 aromatic carbocycles. The molecule has 24 rings (SSSR count). The Morgan fingerprint density at radius 3 is 0.448 bits per heavy atom. The molecule has 4 nitrogen and oxygen atoms in total. The molecule has 0 aliphatic rings. The van der Waals surface area contributed by atoms with Crippen molar-refractivity contribution in [3.05, 3.63) is 425 Å². The largest absolute Gasteiger partial charge is 0.309 e. The fourth-order valence-corrected chi connectivity index (χ4v) is 19.7. The molecule has 4 heterocycles. The third-order valence-corrected chi connectivity index (χ3v) is 24.8. The van der Waals surface area contributed by atoms with Gasteiger partial charge in [0.1, 0.15) is 0 Å². The lowest BCUT2D eigenvalue weighted by molar-refractivity contribution is 1.18. The van der Waals surface area contributed by atoms with E-state index in [4.69, 9.17) is 0 Å². The maximum atomic E-state index is 2.52. The molecule has 0 atom stereocenters. The molecular weight excluding hydrogens is 1400 g/mol. The minimum Gasteiger partial charge on any atom is -0.309 e. The van der Waals surface area contributed by atoms with Crippen LogP contribution in [0.5, 0.6) is 0 Å². The van der Waals surface area contributed by atoms with E-state index in [1.165, 1.54) is 142 Å². The quantitative estimate of drug-likeness (QED) is 0.109. The standard InChI is InChI=1S/C112H70N4/c1-5-29-83(79(25-1)71-49-57-75(58-50-71)113-103-41-17-9-33-87(103)88-34-10-18-42-104(88)113)99-69-100(84-30-6-2-26-80(84)72-51-59-76(60-52-72)114-105-43-19-11-35-89(105)90-36-12-20-44-106(90)114)96-67-68-98-102(86-32-8-4-28-82(86)74-55-63-78(64-56-74)116-109-47-23-15-39-93(109)94-40-16-24-48-110(94)116)70-101(97-66-65-95(99)111(96)112(97)98)85-31-7-3-27-81(85)73-53-61-77(62-54-73)115-107-45-21-13-37-91(107)92-38-14-22-46-108(92)115/h1-70H. The molecule has 0 spiro atoms. The molecule has 0 aliphatic heterocycles. The summed E-state index contributed by atoms with van der Waals surface area (Å²) in [6.45, 7) is 0. The summed E-state index contributed by atoms with van der Waals surface area (Å²) >= 11 is 0. The topological polar surface area (TPSA) is 19.7 Å². The summed E-state index contributed by atoms with van der Waals surface area (Å²) in [5.74, 6) is 0. The molecule has 0 bridgehead atoms. The van der Waals surface area contributed by atoms with Crippen molar-refractivity contribution < 1.29 is 0 Å². The average molecular weight is 1470 g/mol. The molecule has 0 saturated carbocycles. The van der Waals surface area contributed by atoms with E-state index in [0.717, 1.165) is 89.5 Å². The predicted octanol–water partition coefficient (Wildman–Crippen LogP) is 30.3. The van der Waals surface area contributed by atoms with Crippen LogP contribution in [0.1, 0.15) is 0 Å². The molecule has 0 aliphatic carbocycles. The van der Waals surface area contributed by atoms with E-state index in [1.807, 2.05) is 0 Å². The maximum absolute atomic E-state index is 2.52. The van der Waals surface area contributed by atoms with E-state index >= 15 is 0 Å². The van der Waals surface area contributed by atoms with E-state index in [2.05, 4.69) is 443 Å². The first-order chi connectivity index (χ1) is 57.6. The third-order valence-electron chi connectivity index (χ3n) is 24.8. The zero-order chi connectivity index (χ0) is 76.1. The van der Waals surface area contributed by atoms with Crippen molar-refractivity contribution in [2.45, 2.75) is 0 Å². The minimum absolute atomic E-state index is 1.12. The van der Waals surface area contributed by atoms with Gasteiger partial charge in [0, 0.05) is 65.8 Å². The molecule has 0 saturated heterocycles. The first-order valence-corrected chi connectivity index (χ1v) is 40.1. The monoisotopic (exact) mass is 1470 g/mol. The van der Waals surface area contributed by atoms with Crippen molar-refractivity contribution in [1.82, 2.24) is 18.3 Å².